The third kappa shape index (κ3) is 9.65. The van der Waals surface area contributed by atoms with E-state index < -0.39 is 23.7 Å². The molecule has 3 aromatic carbocycles. The van der Waals surface area contributed by atoms with Crippen molar-refractivity contribution in [2.24, 2.45) is 0 Å². The molecule has 0 bridgehead atoms. The third-order valence-electron chi connectivity index (χ3n) is 5.98. The maximum absolute atomic E-state index is 12.4. The molecule has 0 aromatic heterocycles. The van der Waals surface area contributed by atoms with Crippen LogP contribution in [0.15, 0.2) is 97.1 Å². The van der Waals surface area contributed by atoms with Gasteiger partial charge in [0.15, 0.2) is 0 Å². The first kappa shape index (κ1) is 31.2. The minimum Gasteiger partial charge on any atom is -0.490 e. The zero-order chi connectivity index (χ0) is 29.8. The molecule has 0 amide bonds. The van der Waals surface area contributed by atoms with Gasteiger partial charge < -0.3 is 18.9 Å². The Morgan fingerprint density at radius 2 is 1.20 bits per heavy atom. The molecule has 3 rings (SSSR count). The Balaban J connectivity index is 1.45. The van der Waals surface area contributed by atoms with Crippen molar-refractivity contribution < 1.29 is 41.7 Å². The van der Waals surface area contributed by atoms with Crippen molar-refractivity contribution in [1.29, 1.82) is 0 Å². The molecule has 0 N–H and O–H groups in total. The Labute approximate surface area is 237 Å². The Morgan fingerprint density at radius 1 is 0.707 bits per heavy atom. The standard InChI is InChI=1S/C32H31F3O6/c1-22(21-38-3)30(36)40-18-4-5-24-6-8-25(9-7-24)26-10-12-27(13-11-26)28-14-16-29(17-15-28)39-19-20-41-31(37)23(2)32(33,34)35/h6-17H,1-2,4-5,18-21H2,3H3. The van der Waals surface area contributed by atoms with Crippen molar-refractivity contribution in [3.63, 3.8) is 0 Å². The normalized spacial score (nSPS) is 11.0. The summed E-state index contributed by atoms with van der Waals surface area (Å²) in [6.07, 6.45) is -3.34. The number of aryl methyl sites for hydroxylation is 1. The predicted molar refractivity (Wildman–Crippen MR) is 149 cm³/mol. The van der Waals surface area contributed by atoms with E-state index in [2.05, 4.69) is 42.2 Å². The molecule has 0 atom stereocenters. The minimum atomic E-state index is -4.82. The second-order valence-electron chi connectivity index (χ2n) is 9.04. The van der Waals surface area contributed by atoms with Crippen LogP contribution >= 0.6 is 0 Å². The number of halogens is 3. The smallest absolute Gasteiger partial charge is 0.422 e. The summed E-state index contributed by atoms with van der Waals surface area (Å²) < 4.78 is 57.3. The van der Waals surface area contributed by atoms with Crippen LogP contribution in [0.2, 0.25) is 0 Å². The quantitative estimate of drug-likeness (QED) is 0.122. The van der Waals surface area contributed by atoms with E-state index in [1.807, 2.05) is 36.4 Å². The molecule has 0 fully saturated rings. The van der Waals surface area contributed by atoms with Crippen molar-refractivity contribution >= 4 is 11.9 Å². The van der Waals surface area contributed by atoms with E-state index in [1.54, 1.807) is 12.1 Å². The van der Waals surface area contributed by atoms with Crippen LogP contribution in [-0.2, 0) is 30.2 Å². The molecule has 3 aromatic rings. The molecule has 0 saturated carbocycles. The van der Waals surface area contributed by atoms with Gasteiger partial charge in [-0.3, -0.25) is 0 Å². The second-order valence-corrected chi connectivity index (χ2v) is 9.04. The van der Waals surface area contributed by atoms with Crippen LogP contribution in [0.4, 0.5) is 13.2 Å². The largest absolute Gasteiger partial charge is 0.490 e. The molecule has 0 aliphatic rings. The fourth-order valence-electron chi connectivity index (χ4n) is 3.74. The van der Waals surface area contributed by atoms with Gasteiger partial charge in [-0.05, 0) is 52.8 Å². The number of benzene rings is 3. The fraction of sp³-hybridized carbons (Fsp3) is 0.250. The lowest BCUT2D eigenvalue weighted by Gasteiger charge is -2.11. The molecular weight excluding hydrogens is 537 g/mol. The Hall–Kier alpha value is -4.37. The Kier molecular flexibility index (Phi) is 11.3. The average molecular weight is 569 g/mol. The zero-order valence-corrected chi connectivity index (χ0v) is 22.7. The summed E-state index contributed by atoms with van der Waals surface area (Å²) in [4.78, 5) is 23.0. The SMILES string of the molecule is C=C(COC)C(=O)OCCCc1ccc(-c2ccc(-c3ccc(OCCOC(=O)C(=C)C(F)(F)F)cc3)cc2)cc1. The highest BCUT2D eigenvalue weighted by Gasteiger charge is 2.37. The maximum Gasteiger partial charge on any atom is 0.422 e. The van der Waals surface area contributed by atoms with Crippen LogP contribution in [0.1, 0.15) is 12.0 Å². The number of hydrogen-bond acceptors (Lipinski definition) is 6. The Morgan fingerprint density at radius 3 is 1.71 bits per heavy atom. The van der Waals surface area contributed by atoms with Gasteiger partial charge in [0.25, 0.3) is 0 Å². The summed E-state index contributed by atoms with van der Waals surface area (Å²) in [7, 11) is 1.50. The minimum absolute atomic E-state index is 0.0950. The van der Waals surface area contributed by atoms with Crippen molar-refractivity contribution in [1.82, 2.24) is 0 Å². The van der Waals surface area contributed by atoms with E-state index in [0.29, 0.717) is 24.4 Å². The summed E-state index contributed by atoms with van der Waals surface area (Å²) in [5, 5.41) is 0. The summed E-state index contributed by atoms with van der Waals surface area (Å²) in [5.41, 5.74) is 3.98. The van der Waals surface area contributed by atoms with E-state index in [9.17, 15) is 22.8 Å². The van der Waals surface area contributed by atoms with Gasteiger partial charge in [0, 0.05) is 7.11 Å². The van der Waals surface area contributed by atoms with Gasteiger partial charge in [0.1, 0.15) is 24.5 Å². The second kappa shape index (κ2) is 14.9. The van der Waals surface area contributed by atoms with E-state index in [0.717, 1.165) is 34.2 Å². The number of methoxy groups -OCH3 is 1. The number of ether oxygens (including phenoxy) is 4. The summed E-state index contributed by atoms with van der Waals surface area (Å²) in [6, 6.07) is 23.5. The zero-order valence-electron chi connectivity index (χ0n) is 22.7. The van der Waals surface area contributed by atoms with Gasteiger partial charge in [-0.1, -0.05) is 73.8 Å². The molecule has 41 heavy (non-hydrogen) atoms. The van der Waals surface area contributed by atoms with E-state index >= 15 is 0 Å². The lowest BCUT2D eigenvalue weighted by Crippen LogP contribution is -2.22. The third-order valence-corrected chi connectivity index (χ3v) is 5.98. The fourth-order valence-corrected chi connectivity index (χ4v) is 3.74. The molecular formula is C32H31F3O6. The predicted octanol–water partition coefficient (Wildman–Crippen LogP) is 6.74. The molecule has 0 saturated heterocycles. The van der Waals surface area contributed by atoms with Crippen LogP contribution < -0.4 is 4.74 Å². The first-order chi connectivity index (χ1) is 19.6. The Bertz CT molecular complexity index is 1330. The van der Waals surface area contributed by atoms with Gasteiger partial charge in [0.05, 0.1) is 18.8 Å². The van der Waals surface area contributed by atoms with E-state index in [-0.39, 0.29) is 19.8 Å². The molecule has 0 aliphatic carbocycles. The van der Waals surface area contributed by atoms with Gasteiger partial charge in [-0.2, -0.15) is 13.2 Å². The topological polar surface area (TPSA) is 71.1 Å². The lowest BCUT2D eigenvalue weighted by molar-refractivity contribution is -0.151. The highest BCUT2D eigenvalue weighted by Crippen LogP contribution is 2.27. The average Bonchev–Trinajstić information content (AvgIpc) is 2.97. The van der Waals surface area contributed by atoms with E-state index in [4.69, 9.17) is 14.2 Å². The van der Waals surface area contributed by atoms with Crippen molar-refractivity contribution in [3.05, 3.63) is 103 Å². The highest BCUT2D eigenvalue weighted by atomic mass is 19.4. The maximum atomic E-state index is 12.4. The number of esters is 2. The monoisotopic (exact) mass is 568 g/mol. The molecule has 216 valence electrons. The number of alkyl halides is 3. The van der Waals surface area contributed by atoms with Crippen molar-refractivity contribution in [3.8, 4) is 28.0 Å². The number of carbonyl (C=O) groups excluding carboxylic acids is 2. The van der Waals surface area contributed by atoms with Crippen LogP contribution in [0.5, 0.6) is 5.75 Å². The summed E-state index contributed by atoms with van der Waals surface area (Å²) in [5.74, 6) is -1.46. The van der Waals surface area contributed by atoms with Gasteiger partial charge in [-0.25, -0.2) is 9.59 Å². The first-order valence-corrected chi connectivity index (χ1v) is 12.8. The van der Waals surface area contributed by atoms with Crippen molar-refractivity contribution in [2.45, 2.75) is 19.0 Å². The van der Waals surface area contributed by atoms with Crippen LogP contribution in [-0.4, -0.2) is 51.7 Å². The molecule has 0 heterocycles. The van der Waals surface area contributed by atoms with Crippen LogP contribution in [0, 0.1) is 0 Å². The first-order valence-electron chi connectivity index (χ1n) is 12.8. The lowest BCUT2D eigenvalue weighted by atomic mass is 9.99. The summed E-state index contributed by atoms with van der Waals surface area (Å²) >= 11 is 0. The van der Waals surface area contributed by atoms with Gasteiger partial charge in [-0.15, -0.1) is 0 Å². The molecule has 0 aliphatic heterocycles. The highest BCUT2D eigenvalue weighted by molar-refractivity contribution is 5.89. The van der Waals surface area contributed by atoms with Crippen molar-refractivity contribution in [2.75, 3.05) is 33.5 Å². The molecule has 6 nitrogen and oxygen atoms in total. The molecule has 0 unspecified atom stereocenters. The molecule has 0 radical (unpaired) electrons. The number of hydrogen-bond donors (Lipinski definition) is 0. The van der Waals surface area contributed by atoms with Crippen LogP contribution in [0.3, 0.4) is 0 Å². The number of rotatable bonds is 14. The molecule has 9 heteroatoms. The number of carbonyl (C=O) groups is 2. The van der Waals surface area contributed by atoms with Gasteiger partial charge >= 0.3 is 18.1 Å². The molecule has 0 spiro atoms. The van der Waals surface area contributed by atoms with Gasteiger partial charge in [0.2, 0.25) is 0 Å². The summed E-state index contributed by atoms with van der Waals surface area (Å²) in [6.45, 7) is 6.36. The van der Waals surface area contributed by atoms with Crippen LogP contribution in [0.25, 0.3) is 22.3 Å². The van der Waals surface area contributed by atoms with E-state index in [1.165, 1.54) is 7.11 Å².